The van der Waals surface area contributed by atoms with Crippen molar-refractivity contribution >= 4 is 0 Å². The van der Waals surface area contributed by atoms with E-state index in [0.29, 0.717) is 0 Å². The Balaban J connectivity index is 0.000000183. The van der Waals surface area contributed by atoms with E-state index in [0.717, 1.165) is 0 Å². The van der Waals surface area contributed by atoms with Crippen LogP contribution in [0.3, 0.4) is 0 Å². The van der Waals surface area contributed by atoms with Crippen LogP contribution >= 0.6 is 0 Å². The summed E-state index contributed by atoms with van der Waals surface area (Å²) in [7, 11) is 0. The molecule has 0 amide bonds. The van der Waals surface area contributed by atoms with Gasteiger partial charge < -0.3 is 10.2 Å². The highest BCUT2D eigenvalue weighted by Crippen LogP contribution is 2.05. The fraction of sp³-hybridized carbons (Fsp3) is 0.667. The molecule has 0 heterocycles. The molecule has 2 rings (SSSR count). The standard InChI is InChI=1S/2C5H8.C2H6O2/c2*1-2-4-5-3-1;3-1-2-4/h2*1-2H,3-5H2;3-4H,1-2H2. The van der Waals surface area contributed by atoms with Crippen LogP contribution in [-0.2, 0) is 0 Å². The third-order valence-electron chi connectivity index (χ3n) is 1.92. The van der Waals surface area contributed by atoms with Gasteiger partial charge in [-0.15, -0.1) is 0 Å². The van der Waals surface area contributed by atoms with E-state index in [4.69, 9.17) is 10.2 Å². The van der Waals surface area contributed by atoms with Gasteiger partial charge in [0.1, 0.15) is 0 Å². The Morgan fingerprint density at radius 3 is 1.00 bits per heavy atom. The smallest absolute Gasteiger partial charge is 0.0662 e. The molecule has 0 aliphatic heterocycles. The van der Waals surface area contributed by atoms with Crippen LogP contribution in [0.5, 0.6) is 0 Å². The molecule has 2 aliphatic carbocycles. The molecule has 2 aliphatic rings. The van der Waals surface area contributed by atoms with E-state index in [2.05, 4.69) is 24.3 Å². The lowest BCUT2D eigenvalue weighted by Gasteiger charge is -1.70. The molecule has 14 heavy (non-hydrogen) atoms. The van der Waals surface area contributed by atoms with Gasteiger partial charge in [-0.25, -0.2) is 0 Å². The number of hydrogen-bond acceptors (Lipinski definition) is 2. The molecule has 0 aromatic rings. The Morgan fingerprint density at radius 2 is 0.929 bits per heavy atom. The molecule has 0 atom stereocenters. The van der Waals surface area contributed by atoms with Gasteiger partial charge in [-0.3, -0.25) is 0 Å². The molecule has 0 aromatic carbocycles. The number of allylic oxidation sites excluding steroid dienone is 4. The van der Waals surface area contributed by atoms with Crippen LogP contribution in [0.1, 0.15) is 38.5 Å². The second-order valence-corrected chi connectivity index (χ2v) is 3.25. The van der Waals surface area contributed by atoms with Crippen molar-refractivity contribution in [3.63, 3.8) is 0 Å². The van der Waals surface area contributed by atoms with Gasteiger partial charge >= 0.3 is 0 Å². The summed E-state index contributed by atoms with van der Waals surface area (Å²) in [5, 5.41) is 15.2. The number of aliphatic hydroxyl groups is 2. The number of hydrogen-bond donors (Lipinski definition) is 2. The molecule has 0 spiro atoms. The van der Waals surface area contributed by atoms with E-state index in [1.54, 1.807) is 0 Å². The van der Waals surface area contributed by atoms with E-state index in [-0.39, 0.29) is 13.2 Å². The van der Waals surface area contributed by atoms with Gasteiger partial charge in [-0.2, -0.15) is 0 Å². The first-order chi connectivity index (χ1) is 6.91. The van der Waals surface area contributed by atoms with Gasteiger partial charge in [0.2, 0.25) is 0 Å². The highest BCUT2D eigenvalue weighted by Gasteiger charge is 1.85. The van der Waals surface area contributed by atoms with Crippen molar-refractivity contribution in [2.24, 2.45) is 0 Å². The Labute approximate surface area is 87.0 Å². The first-order valence-electron chi connectivity index (χ1n) is 5.43. The minimum atomic E-state index is -0.125. The molecule has 2 heteroatoms. The molecule has 0 radical (unpaired) electrons. The van der Waals surface area contributed by atoms with Gasteiger partial charge in [-0.1, -0.05) is 24.3 Å². The highest BCUT2D eigenvalue weighted by molar-refractivity contribution is 4.88. The summed E-state index contributed by atoms with van der Waals surface area (Å²) >= 11 is 0. The van der Waals surface area contributed by atoms with Crippen molar-refractivity contribution < 1.29 is 10.2 Å². The molecular formula is C12H22O2. The quantitative estimate of drug-likeness (QED) is 0.635. The highest BCUT2D eigenvalue weighted by atomic mass is 16.3. The van der Waals surface area contributed by atoms with Crippen molar-refractivity contribution in [1.82, 2.24) is 0 Å². The van der Waals surface area contributed by atoms with Crippen LogP contribution in [0.4, 0.5) is 0 Å². The van der Waals surface area contributed by atoms with Crippen molar-refractivity contribution in [2.45, 2.75) is 38.5 Å². The van der Waals surface area contributed by atoms with Crippen molar-refractivity contribution in [3.8, 4) is 0 Å². The summed E-state index contributed by atoms with van der Waals surface area (Å²) in [6.07, 6.45) is 17.0. The fourth-order valence-corrected chi connectivity index (χ4v) is 1.18. The van der Waals surface area contributed by atoms with E-state index < -0.39 is 0 Å². The van der Waals surface area contributed by atoms with Crippen LogP contribution in [0.15, 0.2) is 24.3 Å². The zero-order chi connectivity index (χ0) is 10.5. The summed E-state index contributed by atoms with van der Waals surface area (Å²) in [6.45, 7) is -0.250. The van der Waals surface area contributed by atoms with E-state index in [1.165, 1.54) is 38.5 Å². The predicted octanol–water partition coefficient (Wildman–Crippen LogP) is 2.42. The Hall–Kier alpha value is -0.600. The van der Waals surface area contributed by atoms with Gasteiger partial charge in [0, 0.05) is 0 Å². The minimum absolute atomic E-state index is 0.125. The number of rotatable bonds is 1. The summed E-state index contributed by atoms with van der Waals surface area (Å²) in [4.78, 5) is 0. The zero-order valence-corrected chi connectivity index (χ0v) is 8.86. The van der Waals surface area contributed by atoms with Crippen molar-refractivity contribution in [3.05, 3.63) is 24.3 Å². The van der Waals surface area contributed by atoms with Gasteiger partial charge in [0.25, 0.3) is 0 Å². The van der Waals surface area contributed by atoms with Crippen molar-refractivity contribution in [1.29, 1.82) is 0 Å². The lowest BCUT2D eigenvalue weighted by Crippen LogP contribution is -1.85. The summed E-state index contributed by atoms with van der Waals surface area (Å²) in [5.41, 5.74) is 0. The average molecular weight is 198 g/mol. The van der Waals surface area contributed by atoms with Crippen LogP contribution < -0.4 is 0 Å². The lowest BCUT2D eigenvalue weighted by atomic mass is 10.4. The average Bonchev–Trinajstić information content (AvgIpc) is 2.94. The SMILES string of the molecule is C1=CCCC1.C1=CCCC1.OCCO. The molecule has 0 unspecified atom stereocenters. The molecule has 0 aromatic heterocycles. The largest absolute Gasteiger partial charge is 0.394 e. The van der Waals surface area contributed by atoms with Crippen molar-refractivity contribution in [2.75, 3.05) is 13.2 Å². The normalized spacial score (nSPS) is 17.0. The Morgan fingerprint density at radius 1 is 0.643 bits per heavy atom. The maximum Gasteiger partial charge on any atom is 0.0662 e. The molecule has 82 valence electrons. The molecule has 2 nitrogen and oxygen atoms in total. The zero-order valence-electron chi connectivity index (χ0n) is 8.86. The third-order valence-corrected chi connectivity index (χ3v) is 1.92. The van der Waals surface area contributed by atoms with Crippen LogP contribution in [0.25, 0.3) is 0 Å². The Bertz CT molecular complexity index is 120. The fourth-order valence-electron chi connectivity index (χ4n) is 1.18. The lowest BCUT2D eigenvalue weighted by molar-refractivity contribution is 0.186. The molecule has 2 N–H and O–H groups in total. The summed E-state index contributed by atoms with van der Waals surface area (Å²) in [6, 6.07) is 0. The van der Waals surface area contributed by atoms with E-state index in [9.17, 15) is 0 Å². The first-order valence-corrected chi connectivity index (χ1v) is 5.43. The summed E-state index contributed by atoms with van der Waals surface area (Å²) < 4.78 is 0. The first kappa shape index (κ1) is 13.4. The molecule has 0 fully saturated rings. The second kappa shape index (κ2) is 12.4. The maximum absolute atomic E-state index is 7.62. The van der Waals surface area contributed by atoms with Crippen LogP contribution in [0.2, 0.25) is 0 Å². The molecule has 0 bridgehead atoms. The van der Waals surface area contributed by atoms with E-state index >= 15 is 0 Å². The van der Waals surface area contributed by atoms with Crippen LogP contribution in [-0.4, -0.2) is 23.4 Å². The topological polar surface area (TPSA) is 40.5 Å². The molecule has 0 saturated carbocycles. The Kier molecular flexibility index (Phi) is 11.9. The monoisotopic (exact) mass is 198 g/mol. The maximum atomic E-state index is 7.62. The van der Waals surface area contributed by atoms with Crippen LogP contribution in [0, 0.1) is 0 Å². The van der Waals surface area contributed by atoms with E-state index in [1.807, 2.05) is 0 Å². The van der Waals surface area contributed by atoms with Gasteiger partial charge in [0.05, 0.1) is 13.2 Å². The summed E-state index contributed by atoms with van der Waals surface area (Å²) in [5.74, 6) is 0. The van der Waals surface area contributed by atoms with Gasteiger partial charge in [0.15, 0.2) is 0 Å². The third kappa shape index (κ3) is 11.4. The molecular weight excluding hydrogens is 176 g/mol. The second-order valence-electron chi connectivity index (χ2n) is 3.25. The minimum Gasteiger partial charge on any atom is -0.394 e. The van der Waals surface area contributed by atoms with Gasteiger partial charge in [-0.05, 0) is 38.5 Å². The number of aliphatic hydroxyl groups excluding tert-OH is 2. The molecule has 0 saturated heterocycles. The predicted molar refractivity (Wildman–Crippen MR) is 60.2 cm³/mol.